The number of anilines is 1. The van der Waals surface area contributed by atoms with Crippen LogP contribution in [-0.4, -0.2) is 24.6 Å². The predicted molar refractivity (Wildman–Crippen MR) is 82.6 cm³/mol. The van der Waals surface area contributed by atoms with Crippen molar-refractivity contribution in [3.05, 3.63) is 29.3 Å². The second-order valence-electron chi connectivity index (χ2n) is 5.05. The Bertz CT molecular complexity index is 379. The smallest absolute Gasteiger partial charge is 0.0418 e. The Morgan fingerprint density at radius 1 is 1.44 bits per heavy atom. The number of fused-ring (bicyclic) bond motifs is 1. The highest BCUT2D eigenvalue weighted by Gasteiger charge is 2.12. The van der Waals surface area contributed by atoms with Crippen molar-refractivity contribution >= 4 is 17.4 Å². The number of hydrogen-bond donors (Lipinski definition) is 2. The van der Waals surface area contributed by atoms with E-state index in [2.05, 4.69) is 42.0 Å². The first kappa shape index (κ1) is 13.8. The van der Waals surface area contributed by atoms with E-state index in [-0.39, 0.29) is 0 Å². The Morgan fingerprint density at radius 2 is 2.33 bits per heavy atom. The van der Waals surface area contributed by atoms with Crippen molar-refractivity contribution in [2.75, 3.05) is 23.9 Å². The van der Waals surface area contributed by atoms with Crippen molar-refractivity contribution in [2.45, 2.75) is 38.8 Å². The zero-order chi connectivity index (χ0) is 12.8. The van der Waals surface area contributed by atoms with Gasteiger partial charge in [-0.3, -0.25) is 0 Å². The molecule has 0 saturated carbocycles. The normalized spacial score (nSPS) is 15.9. The number of aryl methyl sites for hydroxylation is 1. The Hall–Kier alpha value is -0.670. The molecule has 0 bridgehead atoms. The van der Waals surface area contributed by atoms with Crippen molar-refractivity contribution < 1.29 is 0 Å². The van der Waals surface area contributed by atoms with Crippen molar-refractivity contribution in [1.82, 2.24) is 5.32 Å². The average Bonchev–Trinajstić information content (AvgIpc) is 2.42. The number of hydrogen-bond acceptors (Lipinski definition) is 3. The standard InChI is InChI=1S/C15H24N2S/c1-12(8-10-18-2)17-11-14-6-3-5-13-7-4-9-16-15(13)14/h3,5-6,12,16-17H,4,7-11H2,1-2H3. The highest BCUT2D eigenvalue weighted by Crippen LogP contribution is 2.25. The minimum Gasteiger partial charge on any atom is -0.385 e. The molecule has 1 atom stereocenters. The minimum absolute atomic E-state index is 0.594. The van der Waals surface area contributed by atoms with Gasteiger partial charge in [-0.05, 0) is 49.3 Å². The molecular weight excluding hydrogens is 240 g/mol. The molecule has 2 rings (SSSR count). The Morgan fingerprint density at radius 3 is 3.17 bits per heavy atom. The fourth-order valence-corrected chi connectivity index (χ4v) is 3.00. The monoisotopic (exact) mass is 264 g/mol. The molecule has 1 aliphatic rings. The van der Waals surface area contributed by atoms with Gasteiger partial charge in [0.1, 0.15) is 0 Å². The molecule has 18 heavy (non-hydrogen) atoms. The van der Waals surface area contributed by atoms with Gasteiger partial charge >= 0.3 is 0 Å². The summed E-state index contributed by atoms with van der Waals surface area (Å²) in [7, 11) is 0. The lowest BCUT2D eigenvalue weighted by molar-refractivity contribution is 0.537. The van der Waals surface area contributed by atoms with E-state index in [0.717, 1.165) is 13.1 Å². The molecule has 2 nitrogen and oxygen atoms in total. The van der Waals surface area contributed by atoms with E-state index in [4.69, 9.17) is 0 Å². The summed E-state index contributed by atoms with van der Waals surface area (Å²) in [6.45, 7) is 4.37. The first-order valence-electron chi connectivity index (χ1n) is 6.88. The van der Waals surface area contributed by atoms with Crippen LogP contribution < -0.4 is 10.6 Å². The molecule has 0 fully saturated rings. The molecule has 2 N–H and O–H groups in total. The highest BCUT2D eigenvalue weighted by molar-refractivity contribution is 7.98. The van der Waals surface area contributed by atoms with Gasteiger partial charge in [0.25, 0.3) is 0 Å². The van der Waals surface area contributed by atoms with E-state index >= 15 is 0 Å². The van der Waals surface area contributed by atoms with E-state index in [1.165, 1.54) is 41.8 Å². The van der Waals surface area contributed by atoms with E-state index in [0.29, 0.717) is 6.04 Å². The van der Waals surface area contributed by atoms with Gasteiger partial charge in [-0.15, -0.1) is 0 Å². The summed E-state index contributed by atoms with van der Waals surface area (Å²) in [4.78, 5) is 0. The van der Waals surface area contributed by atoms with Gasteiger partial charge in [-0.2, -0.15) is 11.8 Å². The zero-order valence-corrected chi connectivity index (χ0v) is 12.3. The maximum Gasteiger partial charge on any atom is 0.0418 e. The second kappa shape index (κ2) is 7.05. The van der Waals surface area contributed by atoms with Crippen molar-refractivity contribution in [3.8, 4) is 0 Å². The molecule has 0 amide bonds. The highest BCUT2D eigenvalue weighted by atomic mass is 32.2. The van der Waals surface area contributed by atoms with Crippen LogP contribution in [0.2, 0.25) is 0 Å². The van der Waals surface area contributed by atoms with Gasteiger partial charge in [0, 0.05) is 24.8 Å². The third-order valence-electron chi connectivity index (χ3n) is 3.56. The lowest BCUT2D eigenvalue weighted by Crippen LogP contribution is -2.27. The molecule has 1 aromatic rings. The molecule has 1 heterocycles. The summed E-state index contributed by atoms with van der Waals surface area (Å²) >= 11 is 1.92. The Labute approximate surface area is 115 Å². The summed E-state index contributed by atoms with van der Waals surface area (Å²) in [5.41, 5.74) is 4.29. The van der Waals surface area contributed by atoms with Gasteiger partial charge < -0.3 is 10.6 Å². The summed E-state index contributed by atoms with van der Waals surface area (Å²) in [5, 5.41) is 7.18. The van der Waals surface area contributed by atoms with Gasteiger partial charge in [-0.25, -0.2) is 0 Å². The average molecular weight is 264 g/mol. The Kier molecular flexibility index (Phi) is 5.39. The number of rotatable bonds is 6. The number of para-hydroxylation sites is 1. The second-order valence-corrected chi connectivity index (χ2v) is 6.03. The van der Waals surface area contributed by atoms with Crippen LogP contribution in [0.15, 0.2) is 18.2 Å². The Balaban J connectivity index is 1.93. The fraction of sp³-hybridized carbons (Fsp3) is 0.600. The third-order valence-corrected chi connectivity index (χ3v) is 4.20. The van der Waals surface area contributed by atoms with Gasteiger partial charge in [-0.1, -0.05) is 18.2 Å². The first-order chi connectivity index (χ1) is 8.81. The topological polar surface area (TPSA) is 24.1 Å². The van der Waals surface area contributed by atoms with E-state index in [9.17, 15) is 0 Å². The van der Waals surface area contributed by atoms with Crippen LogP contribution in [-0.2, 0) is 13.0 Å². The first-order valence-corrected chi connectivity index (χ1v) is 8.27. The number of benzene rings is 1. The molecule has 0 aliphatic carbocycles. The largest absolute Gasteiger partial charge is 0.385 e. The van der Waals surface area contributed by atoms with Gasteiger partial charge in [0.05, 0.1) is 0 Å². The lowest BCUT2D eigenvalue weighted by atomic mass is 9.99. The van der Waals surface area contributed by atoms with Crippen molar-refractivity contribution in [1.29, 1.82) is 0 Å². The van der Waals surface area contributed by atoms with Crippen LogP contribution in [0, 0.1) is 0 Å². The van der Waals surface area contributed by atoms with E-state index < -0.39 is 0 Å². The van der Waals surface area contributed by atoms with Crippen LogP contribution in [0.1, 0.15) is 30.9 Å². The summed E-state index contributed by atoms with van der Waals surface area (Å²) in [6.07, 6.45) is 5.89. The SMILES string of the molecule is CSCCC(C)NCc1cccc2c1NCCC2. The minimum atomic E-state index is 0.594. The summed E-state index contributed by atoms with van der Waals surface area (Å²) < 4.78 is 0. The molecule has 0 spiro atoms. The van der Waals surface area contributed by atoms with Crippen molar-refractivity contribution in [2.24, 2.45) is 0 Å². The van der Waals surface area contributed by atoms with Crippen LogP contribution in [0.25, 0.3) is 0 Å². The molecule has 3 heteroatoms. The van der Waals surface area contributed by atoms with Gasteiger partial charge in [0.2, 0.25) is 0 Å². The van der Waals surface area contributed by atoms with Crippen LogP contribution in [0.4, 0.5) is 5.69 Å². The number of thioether (sulfide) groups is 1. The molecule has 0 aromatic heterocycles. The lowest BCUT2D eigenvalue weighted by Gasteiger charge is -2.22. The number of nitrogens with one attached hydrogen (secondary N) is 2. The molecule has 0 radical (unpaired) electrons. The maximum absolute atomic E-state index is 3.63. The summed E-state index contributed by atoms with van der Waals surface area (Å²) in [5.74, 6) is 1.24. The van der Waals surface area contributed by atoms with E-state index in [1.807, 2.05) is 11.8 Å². The predicted octanol–water partition coefficient (Wildman–Crippen LogP) is 3.28. The fourth-order valence-electron chi connectivity index (χ4n) is 2.41. The maximum atomic E-state index is 3.63. The van der Waals surface area contributed by atoms with Gasteiger partial charge in [0.15, 0.2) is 0 Å². The van der Waals surface area contributed by atoms with E-state index in [1.54, 1.807) is 0 Å². The molecule has 1 aromatic carbocycles. The molecule has 100 valence electrons. The van der Waals surface area contributed by atoms with Crippen LogP contribution in [0.3, 0.4) is 0 Å². The zero-order valence-electron chi connectivity index (χ0n) is 11.5. The molecule has 1 aliphatic heterocycles. The molecule has 0 saturated heterocycles. The molecular formula is C15H24N2S. The summed E-state index contributed by atoms with van der Waals surface area (Å²) in [6, 6.07) is 7.28. The van der Waals surface area contributed by atoms with Crippen LogP contribution >= 0.6 is 11.8 Å². The quantitative estimate of drug-likeness (QED) is 0.824. The molecule has 1 unspecified atom stereocenters. The van der Waals surface area contributed by atoms with Crippen LogP contribution in [0.5, 0.6) is 0 Å². The van der Waals surface area contributed by atoms with Crippen molar-refractivity contribution in [3.63, 3.8) is 0 Å². The third kappa shape index (κ3) is 3.66.